The lowest BCUT2D eigenvalue weighted by Gasteiger charge is -2.22. The number of hydrogen-bond acceptors (Lipinski definition) is 3. The number of amides is 1. The first kappa shape index (κ1) is 17.7. The second kappa shape index (κ2) is 8.81. The number of ketones is 1. The Morgan fingerprint density at radius 1 is 0.769 bits per heavy atom. The van der Waals surface area contributed by atoms with Crippen molar-refractivity contribution in [1.29, 1.82) is 0 Å². The number of furan rings is 1. The number of carbonyl (C=O) groups is 2. The van der Waals surface area contributed by atoms with Gasteiger partial charge in [-0.05, 0) is 17.7 Å². The summed E-state index contributed by atoms with van der Waals surface area (Å²) in [6.07, 6.45) is 1.98. The first-order chi connectivity index (χ1) is 12.7. The summed E-state index contributed by atoms with van der Waals surface area (Å²) >= 11 is 0. The van der Waals surface area contributed by atoms with Crippen LogP contribution in [0.5, 0.6) is 0 Å². The Labute approximate surface area is 153 Å². The summed E-state index contributed by atoms with van der Waals surface area (Å²) in [6.45, 7) is 0.875. The Balaban J connectivity index is 1.65. The van der Waals surface area contributed by atoms with Crippen LogP contribution in [0, 0.1) is 0 Å². The van der Waals surface area contributed by atoms with E-state index in [1.807, 2.05) is 54.6 Å². The average molecular weight is 347 g/mol. The largest absolute Gasteiger partial charge is 0.467 e. The van der Waals surface area contributed by atoms with Crippen molar-refractivity contribution in [3.05, 3.63) is 95.9 Å². The zero-order valence-electron chi connectivity index (χ0n) is 14.5. The van der Waals surface area contributed by atoms with Crippen LogP contribution in [0.1, 0.15) is 34.5 Å². The minimum atomic E-state index is -0.0606. The van der Waals surface area contributed by atoms with Gasteiger partial charge in [0.05, 0.1) is 12.8 Å². The number of nitrogens with zero attached hydrogens (tertiary/aromatic N) is 1. The van der Waals surface area contributed by atoms with E-state index in [1.165, 1.54) is 0 Å². The minimum Gasteiger partial charge on any atom is -0.467 e. The molecule has 0 fully saturated rings. The van der Waals surface area contributed by atoms with Crippen molar-refractivity contribution in [3.8, 4) is 0 Å². The smallest absolute Gasteiger partial charge is 0.223 e. The van der Waals surface area contributed by atoms with Gasteiger partial charge in [-0.2, -0.15) is 0 Å². The van der Waals surface area contributed by atoms with Gasteiger partial charge in [0.1, 0.15) is 5.76 Å². The number of benzene rings is 2. The van der Waals surface area contributed by atoms with Crippen LogP contribution in [0.4, 0.5) is 0 Å². The second-order valence-electron chi connectivity index (χ2n) is 6.10. The molecule has 1 amide bonds. The topological polar surface area (TPSA) is 50.5 Å². The highest BCUT2D eigenvalue weighted by Gasteiger charge is 2.17. The SMILES string of the molecule is O=C(CCC(=O)N(Cc1ccccc1)Cc1ccco1)c1ccccc1. The Hall–Kier alpha value is -3.14. The van der Waals surface area contributed by atoms with Crippen LogP contribution in [-0.2, 0) is 17.9 Å². The third kappa shape index (κ3) is 4.93. The van der Waals surface area contributed by atoms with Gasteiger partial charge in [0, 0.05) is 24.9 Å². The molecule has 0 bridgehead atoms. The van der Waals surface area contributed by atoms with E-state index < -0.39 is 0 Å². The quantitative estimate of drug-likeness (QED) is 0.565. The van der Waals surface area contributed by atoms with Gasteiger partial charge in [0.25, 0.3) is 0 Å². The molecule has 0 N–H and O–H groups in total. The van der Waals surface area contributed by atoms with Gasteiger partial charge < -0.3 is 9.32 Å². The molecule has 0 spiro atoms. The van der Waals surface area contributed by atoms with E-state index in [2.05, 4.69) is 0 Å². The summed E-state index contributed by atoms with van der Waals surface area (Å²) in [5, 5.41) is 0. The summed E-state index contributed by atoms with van der Waals surface area (Å²) in [5.41, 5.74) is 1.68. The molecule has 26 heavy (non-hydrogen) atoms. The highest BCUT2D eigenvalue weighted by Crippen LogP contribution is 2.14. The molecule has 0 radical (unpaired) electrons. The van der Waals surface area contributed by atoms with E-state index in [4.69, 9.17) is 4.42 Å². The zero-order chi connectivity index (χ0) is 18.2. The van der Waals surface area contributed by atoms with Crippen LogP contribution in [0.15, 0.2) is 83.5 Å². The van der Waals surface area contributed by atoms with Crippen molar-refractivity contribution in [1.82, 2.24) is 4.90 Å². The van der Waals surface area contributed by atoms with Crippen molar-refractivity contribution in [2.24, 2.45) is 0 Å². The van der Waals surface area contributed by atoms with Crippen molar-refractivity contribution >= 4 is 11.7 Å². The molecule has 3 rings (SSSR count). The van der Waals surface area contributed by atoms with Gasteiger partial charge in [0.2, 0.25) is 5.91 Å². The molecule has 132 valence electrons. The Kier molecular flexibility index (Phi) is 5.99. The fraction of sp³-hybridized carbons (Fsp3) is 0.182. The van der Waals surface area contributed by atoms with Gasteiger partial charge in [-0.1, -0.05) is 60.7 Å². The molecule has 0 unspecified atom stereocenters. The molecule has 0 atom stereocenters. The van der Waals surface area contributed by atoms with Crippen LogP contribution in [0.3, 0.4) is 0 Å². The monoisotopic (exact) mass is 347 g/mol. The van der Waals surface area contributed by atoms with Gasteiger partial charge in [0.15, 0.2) is 5.78 Å². The zero-order valence-corrected chi connectivity index (χ0v) is 14.5. The number of carbonyl (C=O) groups excluding carboxylic acids is 2. The molecule has 3 aromatic rings. The fourth-order valence-corrected chi connectivity index (χ4v) is 2.77. The average Bonchev–Trinajstić information content (AvgIpc) is 3.20. The van der Waals surface area contributed by atoms with Crippen LogP contribution in [0.2, 0.25) is 0 Å². The molecule has 0 aliphatic heterocycles. The Morgan fingerprint density at radius 3 is 2.12 bits per heavy atom. The summed E-state index contributed by atoms with van der Waals surface area (Å²) in [4.78, 5) is 26.7. The fourth-order valence-electron chi connectivity index (χ4n) is 2.77. The second-order valence-corrected chi connectivity index (χ2v) is 6.10. The van der Waals surface area contributed by atoms with Crippen LogP contribution in [-0.4, -0.2) is 16.6 Å². The number of hydrogen-bond donors (Lipinski definition) is 0. The summed E-state index contributed by atoms with van der Waals surface area (Å²) in [6, 6.07) is 22.5. The molecule has 0 aliphatic carbocycles. The van der Waals surface area contributed by atoms with Crippen molar-refractivity contribution in [2.75, 3.05) is 0 Å². The predicted molar refractivity (Wildman–Crippen MR) is 99.4 cm³/mol. The van der Waals surface area contributed by atoms with Crippen LogP contribution in [0.25, 0.3) is 0 Å². The maximum absolute atomic E-state index is 12.7. The molecule has 4 heteroatoms. The molecule has 1 aromatic heterocycles. The van der Waals surface area contributed by atoms with E-state index in [0.29, 0.717) is 18.7 Å². The lowest BCUT2D eigenvalue weighted by molar-refractivity contribution is -0.132. The van der Waals surface area contributed by atoms with E-state index in [1.54, 1.807) is 29.4 Å². The maximum atomic E-state index is 12.7. The Bertz CT molecular complexity index is 826. The maximum Gasteiger partial charge on any atom is 0.223 e. The van der Waals surface area contributed by atoms with Gasteiger partial charge in [-0.15, -0.1) is 0 Å². The molecule has 4 nitrogen and oxygen atoms in total. The van der Waals surface area contributed by atoms with E-state index in [9.17, 15) is 9.59 Å². The van der Waals surface area contributed by atoms with E-state index in [0.717, 1.165) is 11.3 Å². The standard InChI is InChI=1S/C22H21NO3/c24-21(19-10-5-2-6-11-19)13-14-22(25)23(17-20-12-7-15-26-20)16-18-8-3-1-4-9-18/h1-12,15H,13-14,16-17H2. The molecular formula is C22H21NO3. The lowest BCUT2D eigenvalue weighted by Crippen LogP contribution is -2.30. The summed E-state index contributed by atoms with van der Waals surface area (Å²) in [5.74, 6) is 0.648. The van der Waals surface area contributed by atoms with E-state index >= 15 is 0 Å². The molecule has 2 aromatic carbocycles. The molecule has 1 heterocycles. The molecular weight excluding hydrogens is 326 g/mol. The van der Waals surface area contributed by atoms with Crippen molar-refractivity contribution in [3.63, 3.8) is 0 Å². The third-order valence-corrected chi connectivity index (χ3v) is 4.16. The summed E-state index contributed by atoms with van der Waals surface area (Å²) in [7, 11) is 0. The molecule has 0 saturated carbocycles. The van der Waals surface area contributed by atoms with Crippen molar-refractivity contribution in [2.45, 2.75) is 25.9 Å². The van der Waals surface area contributed by atoms with E-state index in [-0.39, 0.29) is 24.5 Å². The molecule has 0 saturated heterocycles. The van der Waals surface area contributed by atoms with Gasteiger partial charge in [-0.3, -0.25) is 9.59 Å². The van der Waals surface area contributed by atoms with Crippen LogP contribution >= 0.6 is 0 Å². The predicted octanol–water partition coefficient (Wildman–Crippen LogP) is 4.47. The Morgan fingerprint density at radius 2 is 1.46 bits per heavy atom. The minimum absolute atomic E-state index is 0.0170. The first-order valence-corrected chi connectivity index (χ1v) is 8.65. The highest BCUT2D eigenvalue weighted by molar-refractivity contribution is 5.97. The van der Waals surface area contributed by atoms with Gasteiger partial charge >= 0.3 is 0 Å². The normalized spacial score (nSPS) is 10.5. The number of rotatable bonds is 8. The van der Waals surface area contributed by atoms with Crippen LogP contribution < -0.4 is 0 Å². The third-order valence-electron chi connectivity index (χ3n) is 4.16. The molecule has 0 aliphatic rings. The highest BCUT2D eigenvalue weighted by atomic mass is 16.3. The van der Waals surface area contributed by atoms with Crippen molar-refractivity contribution < 1.29 is 14.0 Å². The lowest BCUT2D eigenvalue weighted by atomic mass is 10.1. The van der Waals surface area contributed by atoms with Gasteiger partial charge in [-0.25, -0.2) is 0 Å². The first-order valence-electron chi connectivity index (χ1n) is 8.65. The summed E-state index contributed by atoms with van der Waals surface area (Å²) < 4.78 is 5.39. The number of Topliss-reactive ketones (excluding diaryl/α,β-unsaturated/α-hetero) is 1.